The van der Waals surface area contributed by atoms with Gasteiger partial charge in [0.15, 0.2) is 0 Å². The number of carbonyl (C=O) groups is 2. The fraction of sp³-hybridized carbons (Fsp3) is 0.615. The number of ether oxygens (including phenoxy) is 1. The van der Waals surface area contributed by atoms with Gasteiger partial charge in [-0.05, 0) is 56.3 Å². The van der Waals surface area contributed by atoms with Crippen molar-refractivity contribution in [3.05, 3.63) is 41.5 Å². The Morgan fingerprint density at radius 1 is 1.18 bits per heavy atom. The average Bonchev–Trinajstić information content (AvgIpc) is 2.77. The third kappa shape index (κ3) is 11.6. The Labute approximate surface area is 206 Å². The molecule has 1 atom stereocenters. The predicted octanol–water partition coefficient (Wildman–Crippen LogP) is 5.75. The van der Waals surface area contributed by atoms with Gasteiger partial charge in [-0.2, -0.15) is 0 Å². The molecule has 6 nitrogen and oxygen atoms in total. The normalized spacial score (nSPS) is 12.1. The lowest BCUT2D eigenvalue weighted by Gasteiger charge is -2.29. The number of halogens is 1. The van der Waals surface area contributed by atoms with Crippen LogP contribution in [0.5, 0.6) is 5.75 Å². The Bertz CT molecular complexity index is 737. The SMILES string of the molecule is CCCCN(CC)C(C(=O)O)c1ccc(CNC(=O)CCCC/C=C/C(C)C)cc1OC.Cl. The van der Waals surface area contributed by atoms with Crippen molar-refractivity contribution >= 4 is 24.3 Å². The second-order valence-electron chi connectivity index (χ2n) is 8.49. The van der Waals surface area contributed by atoms with E-state index >= 15 is 0 Å². The molecule has 1 aromatic carbocycles. The van der Waals surface area contributed by atoms with E-state index in [9.17, 15) is 14.7 Å². The summed E-state index contributed by atoms with van der Waals surface area (Å²) >= 11 is 0. The highest BCUT2D eigenvalue weighted by Gasteiger charge is 2.29. The minimum atomic E-state index is -0.884. The van der Waals surface area contributed by atoms with Crippen molar-refractivity contribution in [3.63, 3.8) is 0 Å². The van der Waals surface area contributed by atoms with E-state index in [4.69, 9.17) is 4.74 Å². The van der Waals surface area contributed by atoms with Gasteiger partial charge in [-0.15, -0.1) is 12.4 Å². The second kappa shape index (κ2) is 17.4. The molecule has 0 aliphatic rings. The van der Waals surface area contributed by atoms with Gasteiger partial charge in [0, 0.05) is 18.5 Å². The highest BCUT2D eigenvalue weighted by Crippen LogP contribution is 2.31. The van der Waals surface area contributed by atoms with Crippen LogP contribution in [0.2, 0.25) is 0 Å². The monoisotopic (exact) mass is 482 g/mol. The smallest absolute Gasteiger partial charge is 0.325 e. The third-order valence-electron chi connectivity index (χ3n) is 5.43. The summed E-state index contributed by atoms with van der Waals surface area (Å²) in [6.07, 6.45) is 9.70. The maximum absolute atomic E-state index is 12.2. The van der Waals surface area contributed by atoms with Crippen molar-refractivity contribution < 1.29 is 19.4 Å². The molecule has 1 aromatic rings. The van der Waals surface area contributed by atoms with E-state index in [-0.39, 0.29) is 18.3 Å². The minimum Gasteiger partial charge on any atom is -0.496 e. The number of allylic oxidation sites excluding steroid dienone is 2. The topological polar surface area (TPSA) is 78.9 Å². The van der Waals surface area contributed by atoms with Crippen LogP contribution in [-0.4, -0.2) is 42.1 Å². The summed E-state index contributed by atoms with van der Waals surface area (Å²) in [6, 6.07) is 4.76. The van der Waals surface area contributed by atoms with Gasteiger partial charge in [-0.25, -0.2) is 0 Å². The fourth-order valence-electron chi connectivity index (χ4n) is 3.61. The van der Waals surface area contributed by atoms with Gasteiger partial charge in [0.2, 0.25) is 5.91 Å². The lowest BCUT2D eigenvalue weighted by Crippen LogP contribution is -2.35. The quantitative estimate of drug-likeness (QED) is 0.231. The molecule has 188 valence electrons. The summed E-state index contributed by atoms with van der Waals surface area (Å²) in [6.45, 7) is 10.1. The van der Waals surface area contributed by atoms with Gasteiger partial charge in [-0.1, -0.05) is 58.4 Å². The van der Waals surface area contributed by atoms with E-state index in [1.165, 1.54) is 0 Å². The molecule has 0 bridgehead atoms. The summed E-state index contributed by atoms with van der Waals surface area (Å²) in [7, 11) is 1.55. The van der Waals surface area contributed by atoms with E-state index in [1.54, 1.807) is 7.11 Å². The average molecular weight is 483 g/mol. The molecule has 1 unspecified atom stereocenters. The van der Waals surface area contributed by atoms with Gasteiger partial charge in [-0.3, -0.25) is 14.5 Å². The molecule has 0 aliphatic heterocycles. The van der Waals surface area contributed by atoms with E-state index in [0.29, 0.717) is 36.7 Å². The van der Waals surface area contributed by atoms with E-state index in [2.05, 4.69) is 38.2 Å². The first-order valence-corrected chi connectivity index (χ1v) is 11.9. The number of amides is 1. The maximum Gasteiger partial charge on any atom is 0.325 e. The molecule has 0 radical (unpaired) electrons. The van der Waals surface area contributed by atoms with Gasteiger partial charge in [0.25, 0.3) is 0 Å². The molecule has 1 amide bonds. The molecule has 0 fully saturated rings. The van der Waals surface area contributed by atoms with Crippen LogP contribution in [0.25, 0.3) is 0 Å². The number of methoxy groups -OCH3 is 1. The number of unbranched alkanes of at least 4 members (excludes halogenated alkanes) is 3. The maximum atomic E-state index is 12.2. The predicted molar refractivity (Wildman–Crippen MR) is 137 cm³/mol. The molecule has 1 rings (SSSR count). The van der Waals surface area contributed by atoms with Crippen LogP contribution in [0.4, 0.5) is 0 Å². The Morgan fingerprint density at radius 2 is 1.91 bits per heavy atom. The van der Waals surface area contributed by atoms with Crippen molar-refractivity contribution in [2.24, 2.45) is 5.92 Å². The molecule has 0 aliphatic carbocycles. The molecule has 0 aromatic heterocycles. The number of carboxylic acid groups (broad SMARTS) is 1. The number of hydrogen-bond acceptors (Lipinski definition) is 4. The zero-order valence-electron chi connectivity index (χ0n) is 20.9. The molecule has 33 heavy (non-hydrogen) atoms. The highest BCUT2D eigenvalue weighted by molar-refractivity contribution is 5.85. The summed E-state index contributed by atoms with van der Waals surface area (Å²) in [5.74, 6) is 0.247. The summed E-state index contributed by atoms with van der Waals surface area (Å²) in [4.78, 5) is 26.2. The Balaban J connectivity index is 0.0000102. The summed E-state index contributed by atoms with van der Waals surface area (Å²) < 4.78 is 5.53. The first-order valence-electron chi connectivity index (χ1n) is 11.9. The van der Waals surface area contributed by atoms with Gasteiger partial charge in [0.1, 0.15) is 11.8 Å². The molecule has 0 saturated carbocycles. The van der Waals surface area contributed by atoms with Crippen LogP contribution >= 0.6 is 12.4 Å². The first-order chi connectivity index (χ1) is 15.3. The van der Waals surface area contributed by atoms with Crippen LogP contribution in [0.3, 0.4) is 0 Å². The van der Waals surface area contributed by atoms with Crippen LogP contribution in [-0.2, 0) is 16.1 Å². The zero-order chi connectivity index (χ0) is 23.9. The van der Waals surface area contributed by atoms with Crippen molar-refractivity contribution in [2.75, 3.05) is 20.2 Å². The van der Waals surface area contributed by atoms with Crippen molar-refractivity contribution in [1.29, 1.82) is 0 Å². The number of rotatable bonds is 16. The number of nitrogens with zero attached hydrogens (tertiary/aromatic N) is 1. The molecule has 0 saturated heterocycles. The number of carbonyl (C=O) groups excluding carboxylic acids is 1. The Hall–Kier alpha value is -2.05. The van der Waals surface area contributed by atoms with Crippen LogP contribution in [0, 0.1) is 5.92 Å². The molecule has 0 heterocycles. The number of benzene rings is 1. The molecule has 7 heteroatoms. The molecule has 0 spiro atoms. The number of likely N-dealkylation sites (N-methyl/N-ethyl adjacent to an activating group) is 1. The standard InChI is InChI=1S/C26H42N2O4.ClH/c1-6-8-17-28(7-2)25(26(30)31)22-16-15-21(18-23(22)32-5)19-27-24(29)14-12-10-9-11-13-20(3)4;/h11,13,15-16,18,20,25H,6-10,12,14,17,19H2,1-5H3,(H,27,29)(H,30,31);1H/b13-11+;. The Kier molecular flexibility index (Phi) is 16.3. The number of aliphatic carboxylic acids is 1. The summed E-state index contributed by atoms with van der Waals surface area (Å²) in [5.41, 5.74) is 1.53. The van der Waals surface area contributed by atoms with E-state index < -0.39 is 12.0 Å². The fourth-order valence-corrected chi connectivity index (χ4v) is 3.61. The molecule has 2 N–H and O–H groups in total. The van der Waals surface area contributed by atoms with E-state index in [1.807, 2.05) is 30.0 Å². The third-order valence-corrected chi connectivity index (χ3v) is 5.43. The number of carboxylic acids is 1. The van der Waals surface area contributed by atoms with Crippen molar-refractivity contribution in [1.82, 2.24) is 10.2 Å². The van der Waals surface area contributed by atoms with Crippen molar-refractivity contribution in [2.45, 2.75) is 78.8 Å². The summed E-state index contributed by atoms with van der Waals surface area (Å²) in [5, 5.41) is 12.9. The van der Waals surface area contributed by atoms with Gasteiger partial charge < -0.3 is 15.2 Å². The highest BCUT2D eigenvalue weighted by atomic mass is 35.5. The van der Waals surface area contributed by atoms with Crippen LogP contribution in [0.1, 0.15) is 83.4 Å². The first kappa shape index (κ1) is 30.9. The molecular weight excluding hydrogens is 440 g/mol. The number of nitrogens with one attached hydrogen (secondary N) is 1. The lowest BCUT2D eigenvalue weighted by atomic mass is 10.0. The van der Waals surface area contributed by atoms with Crippen LogP contribution in [0.15, 0.2) is 30.4 Å². The Morgan fingerprint density at radius 3 is 2.48 bits per heavy atom. The van der Waals surface area contributed by atoms with Crippen LogP contribution < -0.4 is 10.1 Å². The van der Waals surface area contributed by atoms with Gasteiger partial charge in [0.05, 0.1) is 7.11 Å². The lowest BCUT2D eigenvalue weighted by molar-refractivity contribution is -0.143. The molecular formula is C26H43ClN2O4. The largest absolute Gasteiger partial charge is 0.496 e. The number of hydrogen-bond donors (Lipinski definition) is 2. The minimum absolute atomic E-state index is 0. The second-order valence-corrected chi connectivity index (χ2v) is 8.49. The van der Waals surface area contributed by atoms with E-state index in [0.717, 1.165) is 44.2 Å². The van der Waals surface area contributed by atoms with Gasteiger partial charge >= 0.3 is 5.97 Å². The van der Waals surface area contributed by atoms with Crippen molar-refractivity contribution in [3.8, 4) is 5.75 Å². The zero-order valence-corrected chi connectivity index (χ0v) is 21.7.